The summed E-state index contributed by atoms with van der Waals surface area (Å²) in [5.74, 6) is -0.108. The van der Waals surface area contributed by atoms with Gasteiger partial charge < -0.3 is 15.3 Å². The van der Waals surface area contributed by atoms with Crippen LogP contribution in [0.1, 0.15) is 37.5 Å². The van der Waals surface area contributed by atoms with E-state index in [2.05, 4.69) is 17.5 Å². The standard InChI is InChI=1S/C27H33N3O2/c1-18-11-19(2)13-24(12-18)29-16-25(32)17-30(27-10-8-7-9-20(27)3)23(6)26(15-28)21(4)14-22(5)31/h7-14,25,29,32H,16-17H2,1-6H3. The zero-order valence-corrected chi connectivity index (χ0v) is 19.9. The van der Waals surface area contributed by atoms with Gasteiger partial charge in [0.05, 0.1) is 18.2 Å². The summed E-state index contributed by atoms with van der Waals surface area (Å²) >= 11 is 0. The highest BCUT2D eigenvalue weighted by molar-refractivity contribution is 5.89. The third kappa shape index (κ3) is 6.83. The summed E-state index contributed by atoms with van der Waals surface area (Å²) in [6.07, 6.45) is 0.776. The van der Waals surface area contributed by atoms with Crippen LogP contribution in [0.5, 0.6) is 0 Å². The fraction of sp³-hybridized carbons (Fsp3) is 0.333. The van der Waals surface area contributed by atoms with E-state index in [0.717, 1.165) is 28.1 Å². The SMILES string of the molecule is CC(=O)C=C(C)C(C#N)=C(C)N(CC(O)CNc1cc(C)cc(C)c1)c1ccccc1C. The second kappa shape index (κ2) is 11.3. The maximum absolute atomic E-state index is 11.6. The number of nitrogens with zero attached hydrogens (tertiary/aromatic N) is 2. The molecule has 1 atom stereocenters. The minimum atomic E-state index is -0.692. The third-order valence-electron chi connectivity index (χ3n) is 5.26. The molecule has 0 bridgehead atoms. The van der Waals surface area contributed by atoms with Crippen molar-refractivity contribution in [2.45, 2.75) is 47.6 Å². The van der Waals surface area contributed by atoms with Gasteiger partial charge >= 0.3 is 0 Å². The van der Waals surface area contributed by atoms with Gasteiger partial charge in [0.2, 0.25) is 0 Å². The highest BCUT2D eigenvalue weighted by Crippen LogP contribution is 2.27. The number of aliphatic hydroxyl groups is 1. The molecule has 0 aliphatic rings. The molecule has 2 aromatic carbocycles. The lowest BCUT2D eigenvalue weighted by atomic mass is 10.0. The van der Waals surface area contributed by atoms with Gasteiger partial charge in [0.25, 0.3) is 0 Å². The number of hydrogen-bond acceptors (Lipinski definition) is 5. The Balaban J connectivity index is 2.35. The zero-order valence-electron chi connectivity index (χ0n) is 19.9. The molecule has 5 heteroatoms. The van der Waals surface area contributed by atoms with E-state index in [1.54, 1.807) is 6.92 Å². The van der Waals surface area contributed by atoms with E-state index >= 15 is 0 Å². The van der Waals surface area contributed by atoms with Crippen molar-refractivity contribution >= 4 is 17.2 Å². The Morgan fingerprint density at radius 1 is 1.12 bits per heavy atom. The fourth-order valence-corrected chi connectivity index (χ4v) is 3.84. The van der Waals surface area contributed by atoms with E-state index in [1.807, 2.05) is 69.0 Å². The van der Waals surface area contributed by atoms with Crippen LogP contribution in [0.4, 0.5) is 11.4 Å². The van der Waals surface area contributed by atoms with Crippen LogP contribution < -0.4 is 10.2 Å². The molecular formula is C27H33N3O2. The number of hydrogen-bond donors (Lipinski definition) is 2. The van der Waals surface area contributed by atoms with Gasteiger partial charge in [0, 0.05) is 23.6 Å². The molecule has 0 saturated carbocycles. The van der Waals surface area contributed by atoms with E-state index in [1.165, 1.54) is 13.0 Å². The van der Waals surface area contributed by atoms with Crippen LogP contribution in [0.3, 0.4) is 0 Å². The van der Waals surface area contributed by atoms with Crippen molar-refractivity contribution in [3.63, 3.8) is 0 Å². The predicted molar refractivity (Wildman–Crippen MR) is 132 cm³/mol. The first-order valence-corrected chi connectivity index (χ1v) is 10.8. The highest BCUT2D eigenvalue weighted by atomic mass is 16.3. The molecule has 0 saturated heterocycles. The summed E-state index contributed by atoms with van der Waals surface area (Å²) in [6, 6.07) is 16.3. The molecule has 0 aliphatic carbocycles. The second-order valence-corrected chi connectivity index (χ2v) is 8.32. The average molecular weight is 432 g/mol. The molecule has 0 radical (unpaired) electrons. The second-order valence-electron chi connectivity index (χ2n) is 8.32. The van der Waals surface area contributed by atoms with E-state index in [4.69, 9.17) is 0 Å². The molecule has 0 aromatic heterocycles. The third-order valence-corrected chi connectivity index (χ3v) is 5.26. The number of allylic oxidation sites excluding steroid dienone is 4. The van der Waals surface area contributed by atoms with E-state index in [0.29, 0.717) is 29.9 Å². The number of anilines is 2. The molecule has 0 aliphatic heterocycles. The van der Waals surface area contributed by atoms with Crippen LogP contribution in [0.15, 0.2) is 65.4 Å². The normalized spacial score (nSPS) is 13.1. The van der Waals surface area contributed by atoms with Gasteiger partial charge in [-0.1, -0.05) is 24.3 Å². The zero-order chi connectivity index (χ0) is 23.8. The van der Waals surface area contributed by atoms with Crippen LogP contribution in [0.2, 0.25) is 0 Å². The lowest BCUT2D eigenvalue weighted by molar-refractivity contribution is -0.112. The number of benzene rings is 2. The van der Waals surface area contributed by atoms with Gasteiger partial charge in [0.1, 0.15) is 6.07 Å². The molecule has 0 amide bonds. The number of aliphatic hydroxyl groups excluding tert-OH is 1. The Kier molecular flexibility index (Phi) is 8.80. The Morgan fingerprint density at radius 2 is 1.75 bits per heavy atom. The number of nitrogens with one attached hydrogen (secondary N) is 1. The van der Waals surface area contributed by atoms with Crippen molar-refractivity contribution in [1.82, 2.24) is 0 Å². The minimum Gasteiger partial charge on any atom is -0.389 e. The summed E-state index contributed by atoms with van der Waals surface area (Å²) in [6.45, 7) is 11.8. The smallest absolute Gasteiger partial charge is 0.152 e. The summed E-state index contributed by atoms with van der Waals surface area (Å²) in [5, 5.41) is 24.0. The fourth-order valence-electron chi connectivity index (χ4n) is 3.84. The number of aryl methyl sites for hydroxylation is 3. The molecule has 5 nitrogen and oxygen atoms in total. The molecule has 168 valence electrons. The first kappa shape index (κ1) is 24.9. The molecule has 2 aromatic rings. The van der Waals surface area contributed by atoms with Crippen molar-refractivity contribution in [2.24, 2.45) is 0 Å². The first-order valence-electron chi connectivity index (χ1n) is 10.8. The molecule has 0 heterocycles. The number of carbonyl (C=O) groups is 1. The average Bonchev–Trinajstić information content (AvgIpc) is 2.70. The Labute approximate surface area is 191 Å². The summed E-state index contributed by atoms with van der Waals surface area (Å²) in [7, 11) is 0. The Hall–Kier alpha value is -3.36. The molecule has 0 spiro atoms. The molecular weight excluding hydrogens is 398 g/mol. The lowest BCUT2D eigenvalue weighted by Gasteiger charge is -2.30. The number of para-hydroxylation sites is 1. The van der Waals surface area contributed by atoms with Crippen molar-refractivity contribution in [2.75, 3.05) is 23.3 Å². The first-order chi connectivity index (χ1) is 15.1. The molecule has 1 unspecified atom stereocenters. The van der Waals surface area contributed by atoms with Crippen LogP contribution in [0, 0.1) is 32.1 Å². The van der Waals surface area contributed by atoms with Crippen LogP contribution in [0.25, 0.3) is 0 Å². The van der Waals surface area contributed by atoms with Gasteiger partial charge in [-0.3, -0.25) is 4.79 Å². The molecule has 2 N–H and O–H groups in total. The van der Waals surface area contributed by atoms with Crippen molar-refractivity contribution < 1.29 is 9.90 Å². The van der Waals surface area contributed by atoms with Crippen molar-refractivity contribution in [3.05, 3.63) is 82.1 Å². The van der Waals surface area contributed by atoms with Gasteiger partial charge in [-0.05, 0) is 88.1 Å². The number of nitriles is 1. The van der Waals surface area contributed by atoms with E-state index < -0.39 is 6.10 Å². The summed E-state index contributed by atoms with van der Waals surface area (Å²) in [4.78, 5) is 13.5. The predicted octanol–water partition coefficient (Wildman–Crippen LogP) is 5.22. The van der Waals surface area contributed by atoms with Gasteiger partial charge in [-0.15, -0.1) is 0 Å². The maximum Gasteiger partial charge on any atom is 0.152 e. The Bertz CT molecular complexity index is 1060. The van der Waals surface area contributed by atoms with Crippen LogP contribution in [-0.4, -0.2) is 30.1 Å². The van der Waals surface area contributed by atoms with Crippen molar-refractivity contribution in [1.29, 1.82) is 5.26 Å². The van der Waals surface area contributed by atoms with Crippen molar-refractivity contribution in [3.8, 4) is 6.07 Å². The minimum absolute atomic E-state index is 0.108. The topological polar surface area (TPSA) is 76.4 Å². The van der Waals surface area contributed by atoms with Gasteiger partial charge in [-0.25, -0.2) is 0 Å². The largest absolute Gasteiger partial charge is 0.389 e. The molecule has 2 rings (SSSR count). The maximum atomic E-state index is 11.6. The van der Waals surface area contributed by atoms with E-state index in [9.17, 15) is 15.2 Å². The summed E-state index contributed by atoms with van der Waals surface area (Å²) in [5.41, 5.74) is 6.97. The van der Waals surface area contributed by atoms with Crippen LogP contribution in [-0.2, 0) is 4.79 Å². The van der Waals surface area contributed by atoms with Gasteiger partial charge in [0.15, 0.2) is 5.78 Å². The lowest BCUT2D eigenvalue weighted by Crippen LogP contribution is -2.36. The highest BCUT2D eigenvalue weighted by Gasteiger charge is 2.19. The quantitative estimate of drug-likeness (QED) is 0.323. The summed E-state index contributed by atoms with van der Waals surface area (Å²) < 4.78 is 0. The number of carbonyl (C=O) groups excluding carboxylic acids is 1. The van der Waals surface area contributed by atoms with Crippen LogP contribution >= 0.6 is 0 Å². The Morgan fingerprint density at radius 3 is 2.31 bits per heavy atom. The molecule has 32 heavy (non-hydrogen) atoms. The monoisotopic (exact) mass is 431 g/mol. The molecule has 0 fully saturated rings. The number of ketones is 1. The van der Waals surface area contributed by atoms with Gasteiger partial charge in [-0.2, -0.15) is 5.26 Å². The number of rotatable bonds is 9. The van der Waals surface area contributed by atoms with E-state index in [-0.39, 0.29) is 5.78 Å².